The SMILES string of the molecule is N#Cc1ccnnc1Oc1ccccc1CC(=O)O. The zero-order valence-electron chi connectivity index (χ0n) is 9.78. The van der Waals surface area contributed by atoms with Crippen LogP contribution in [0.5, 0.6) is 11.6 Å². The first-order valence-electron chi connectivity index (χ1n) is 5.40. The lowest BCUT2D eigenvalue weighted by Crippen LogP contribution is -2.03. The minimum atomic E-state index is -0.962. The molecular weight excluding hydrogens is 246 g/mol. The Hall–Kier alpha value is -2.94. The molecular formula is C13H9N3O3. The molecule has 0 unspecified atom stereocenters. The van der Waals surface area contributed by atoms with Gasteiger partial charge in [0.2, 0.25) is 0 Å². The van der Waals surface area contributed by atoms with Crippen molar-refractivity contribution in [3.63, 3.8) is 0 Å². The Balaban J connectivity index is 2.33. The van der Waals surface area contributed by atoms with E-state index in [9.17, 15) is 4.79 Å². The van der Waals surface area contributed by atoms with Gasteiger partial charge < -0.3 is 9.84 Å². The highest BCUT2D eigenvalue weighted by molar-refractivity contribution is 5.71. The molecule has 19 heavy (non-hydrogen) atoms. The lowest BCUT2D eigenvalue weighted by molar-refractivity contribution is -0.136. The molecule has 2 aromatic rings. The fraction of sp³-hybridized carbons (Fsp3) is 0.0769. The van der Waals surface area contributed by atoms with E-state index in [1.165, 1.54) is 12.3 Å². The van der Waals surface area contributed by atoms with Crippen LogP contribution in [0.3, 0.4) is 0 Å². The van der Waals surface area contributed by atoms with E-state index in [1.807, 2.05) is 6.07 Å². The van der Waals surface area contributed by atoms with E-state index < -0.39 is 5.97 Å². The number of rotatable bonds is 4. The van der Waals surface area contributed by atoms with Crippen molar-refractivity contribution >= 4 is 5.97 Å². The van der Waals surface area contributed by atoms with Crippen LogP contribution in [0.1, 0.15) is 11.1 Å². The second-order valence-electron chi connectivity index (χ2n) is 3.64. The highest BCUT2D eigenvalue weighted by atomic mass is 16.5. The molecule has 94 valence electrons. The molecule has 1 heterocycles. The topological polar surface area (TPSA) is 96.1 Å². The highest BCUT2D eigenvalue weighted by Gasteiger charge is 2.11. The number of para-hydroxylation sites is 1. The second-order valence-corrected chi connectivity index (χ2v) is 3.64. The number of nitriles is 1. The number of aromatic nitrogens is 2. The van der Waals surface area contributed by atoms with Gasteiger partial charge in [0, 0.05) is 5.56 Å². The van der Waals surface area contributed by atoms with Crippen LogP contribution in [0.2, 0.25) is 0 Å². The van der Waals surface area contributed by atoms with E-state index in [0.29, 0.717) is 11.3 Å². The first kappa shape index (κ1) is 12.5. The van der Waals surface area contributed by atoms with Crippen molar-refractivity contribution in [2.75, 3.05) is 0 Å². The van der Waals surface area contributed by atoms with Crippen LogP contribution in [-0.2, 0) is 11.2 Å². The molecule has 0 saturated carbocycles. The molecule has 0 atom stereocenters. The molecule has 0 bridgehead atoms. The number of aliphatic carboxylic acids is 1. The van der Waals surface area contributed by atoms with Crippen molar-refractivity contribution in [3.05, 3.63) is 47.7 Å². The molecule has 6 heteroatoms. The van der Waals surface area contributed by atoms with Crippen LogP contribution >= 0.6 is 0 Å². The summed E-state index contributed by atoms with van der Waals surface area (Å²) in [5.41, 5.74) is 0.740. The summed E-state index contributed by atoms with van der Waals surface area (Å²) in [6.45, 7) is 0. The van der Waals surface area contributed by atoms with Crippen LogP contribution in [0.15, 0.2) is 36.5 Å². The van der Waals surface area contributed by atoms with Crippen LogP contribution in [0.4, 0.5) is 0 Å². The average molecular weight is 255 g/mol. The molecule has 0 amide bonds. The van der Waals surface area contributed by atoms with E-state index in [1.54, 1.807) is 24.3 Å². The quantitative estimate of drug-likeness (QED) is 0.894. The average Bonchev–Trinajstić information content (AvgIpc) is 2.41. The summed E-state index contributed by atoms with van der Waals surface area (Å²) in [4.78, 5) is 10.8. The summed E-state index contributed by atoms with van der Waals surface area (Å²) in [5.74, 6) is -0.555. The van der Waals surface area contributed by atoms with Crippen LogP contribution < -0.4 is 4.74 Å². The number of hydrogen-bond donors (Lipinski definition) is 1. The smallest absolute Gasteiger partial charge is 0.307 e. The third kappa shape index (κ3) is 3.04. The number of nitrogens with zero attached hydrogens (tertiary/aromatic N) is 3. The van der Waals surface area contributed by atoms with Gasteiger partial charge in [-0.3, -0.25) is 4.79 Å². The predicted octanol–water partition coefficient (Wildman–Crippen LogP) is 1.77. The zero-order valence-corrected chi connectivity index (χ0v) is 9.78. The van der Waals surface area contributed by atoms with Crippen molar-refractivity contribution < 1.29 is 14.6 Å². The monoisotopic (exact) mass is 255 g/mol. The van der Waals surface area contributed by atoms with E-state index in [-0.39, 0.29) is 17.9 Å². The standard InChI is InChI=1S/C13H9N3O3/c14-8-10-5-6-15-16-13(10)19-11-4-2-1-3-9(11)7-12(17)18/h1-6H,7H2,(H,17,18). The van der Waals surface area contributed by atoms with Gasteiger partial charge in [-0.05, 0) is 12.1 Å². The molecule has 0 spiro atoms. The molecule has 0 aliphatic heterocycles. The summed E-state index contributed by atoms with van der Waals surface area (Å²) < 4.78 is 5.47. The summed E-state index contributed by atoms with van der Waals surface area (Å²) >= 11 is 0. The first-order valence-corrected chi connectivity index (χ1v) is 5.40. The van der Waals surface area contributed by atoms with Crippen molar-refractivity contribution in [1.29, 1.82) is 5.26 Å². The third-order valence-corrected chi connectivity index (χ3v) is 2.33. The van der Waals surface area contributed by atoms with Gasteiger partial charge in [0.1, 0.15) is 17.4 Å². The van der Waals surface area contributed by atoms with E-state index in [0.717, 1.165) is 0 Å². The van der Waals surface area contributed by atoms with Crippen molar-refractivity contribution in [2.24, 2.45) is 0 Å². The third-order valence-electron chi connectivity index (χ3n) is 2.33. The van der Waals surface area contributed by atoms with Gasteiger partial charge in [0.25, 0.3) is 5.88 Å². The molecule has 0 fully saturated rings. The van der Waals surface area contributed by atoms with E-state index in [2.05, 4.69) is 10.2 Å². The summed E-state index contributed by atoms with van der Waals surface area (Å²) in [5, 5.41) is 25.1. The van der Waals surface area contributed by atoms with E-state index >= 15 is 0 Å². The Morgan fingerprint density at radius 1 is 1.37 bits per heavy atom. The number of carboxylic acid groups (broad SMARTS) is 1. The van der Waals surface area contributed by atoms with Crippen LogP contribution in [0, 0.1) is 11.3 Å². The lowest BCUT2D eigenvalue weighted by Gasteiger charge is -2.09. The maximum atomic E-state index is 10.8. The molecule has 0 aliphatic carbocycles. The molecule has 1 aromatic heterocycles. The molecule has 2 rings (SSSR count). The number of carbonyl (C=O) groups is 1. The molecule has 0 aliphatic rings. The molecule has 0 radical (unpaired) electrons. The van der Waals surface area contributed by atoms with Gasteiger partial charge in [-0.2, -0.15) is 10.4 Å². The Morgan fingerprint density at radius 3 is 2.89 bits per heavy atom. The van der Waals surface area contributed by atoms with Crippen molar-refractivity contribution in [1.82, 2.24) is 10.2 Å². The van der Waals surface area contributed by atoms with Gasteiger partial charge in [0.15, 0.2) is 0 Å². The fourth-order valence-corrected chi connectivity index (χ4v) is 1.50. The van der Waals surface area contributed by atoms with Crippen molar-refractivity contribution in [3.8, 4) is 17.7 Å². The van der Waals surface area contributed by atoms with Crippen molar-refractivity contribution in [2.45, 2.75) is 6.42 Å². The van der Waals surface area contributed by atoms with Gasteiger partial charge in [-0.25, -0.2) is 0 Å². The first-order chi connectivity index (χ1) is 9.20. The van der Waals surface area contributed by atoms with Gasteiger partial charge in [0.05, 0.1) is 12.6 Å². The number of benzene rings is 1. The highest BCUT2D eigenvalue weighted by Crippen LogP contribution is 2.25. The van der Waals surface area contributed by atoms with Gasteiger partial charge in [-0.15, -0.1) is 5.10 Å². The normalized spacial score (nSPS) is 9.63. The molecule has 0 saturated heterocycles. The van der Waals surface area contributed by atoms with Gasteiger partial charge >= 0.3 is 5.97 Å². The minimum Gasteiger partial charge on any atom is -0.481 e. The second kappa shape index (κ2) is 5.60. The number of hydrogen-bond acceptors (Lipinski definition) is 5. The minimum absolute atomic E-state index is 0.0582. The van der Waals surface area contributed by atoms with E-state index in [4.69, 9.17) is 15.1 Å². The largest absolute Gasteiger partial charge is 0.481 e. The molecule has 1 aromatic carbocycles. The number of ether oxygens (including phenoxy) is 1. The molecule has 6 nitrogen and oxygen atoms in total. The Bertz CT molecular complexity index is 650. The maximum absolute atomic E-state index is 10.8. The summed E-state index contributed by atoms with van der Waals surface area (Å²) in [6.07, 6.45) is 1.22. The fourth-order valence-electron chi connectivity index (χ4n) is 1.50. The lowest BCUT2D eigenvalue weighted by atomic mass is 10.1. The number of carboxylic acids is 1. The Morgan fingerprint density at radius 2 is 2.16 bits per heavy atom. The Kier molecular flexibility index (Phi) is 3.69. The maximum Gasteiger partial charge on any atom is 0.307 e. The predicted molar refractivity (Wildman–Crippen MR) is 64.6 cm³/mol. The Labute approximate surface area is 108 Å². The van der Waals surface area contributed by atoms with Crippen LogP contribution in [0.25, 0.3) is 0 Å². The zero-order chi connectivity index (χ0) is 13.7. The molecule has 1 N–H and O–H groups in total. The van der Waals surface area contributed by atoms with Crippen LogP contribution in [-0.4, -0.2) is 21.3 Å². The summed E-state index contributed by atoms with van der Waals surface area (Å²) in [6, 6.07) is 10.1. The van der Waals surface area contributed by atoms with Gasteiger partial charge in [-0.1, -0.05) is 18.2 Å². The summed E-state index contributed by atoms with van der Waals surface area (Å²) in [7, 11) is 0.